The Balaban J connectivity index is 2.91. The number of aliphatic hydroxyl groups is 1. The molecule has 10 heavy (non-hydrogen) atoms. The van der Waals surface area contributed by atoms with Gasteiger partial charge in [-0.15, -0.1) is 0 Å². The molecule has 0 amide bonds. The van der Waals surface area contributed by atoms with Crippen LogP contribution in [0.25, 0.3) is 0 Å². The summed E-state index contributed by atoms with van der Waals surface area (Å²) >= 11 is 0. The van der Waals surface area contributed by atoms with Gasteiger partial charge in [0.15, 0.2) is 0 Å². The normalized spacial score (nSPS) is 11.5. The molecular weight excluding hydrogens is 124 g/mol. The Morgan fingerprint density at radius 3 is 2.50 bits per heavy atom. The maximum absolute atomic E-state index is 8.29. The Morgan fingerprint density at radius 2 is 2.00 bits per heavy atom. The summed E-state index contributed by atoms with van der Waals surface area (Å²) in [6, 6.07) is 0. The van der Waals surface area contributed by atoms with Crippen LogP contribution in [0.1, 0.15) is 39.5 Å². The van der Waals surface area contributed by atoms with Crippen LogP contribution >= 0.6 is 0 Å². The summed E-state index contributed by atoms with van der Waals surface area (Å²) in [4.78, 5) is 0. The van der Waals surface area contributed by atoms with Crippen molar-refractivity contribution in [2.24, 2.45) is 5.92 Å². The molecule has 0 aromatic rings. The lowest BCUT2D eigenvalue weighted by molar-refractivity contribution is 0.468. The second kappa shape index (κ2) is 6.66. The van der Waals surface area contributed by atoms with Crippen molar-refractivity contribution in [3.63, 3.8) is 0 Å². The van der Waals surface area contributed by atoms with Crippen LogP contribution in [0.3, 0.4) is 0 Å². The van der Waals surface area contributed by atoms with Gasteiger partial charge in [0.1, 0.15) is 0 Å². The molecule has 60 valence electrons. The van der Waals surface area contributed by atoms with Crippen molar-refractivity contribution in [2.75, 3.05) is 0 Å². The van der Waals surface area contributed by atoms with Crippen molar-refractivity contribution in [2.45, 2.75) is 39.5 Å². The molecule has 0 atom stereocenters. The zero-order chi connectivity index (χ0) is 7.82. The van der Waals surface area contributed by atoms with Crippen molar-refractivity contribution in [1.29, 1.82) is 0 Å². The van der Waals surface area contributed by atoms with E-state index in [1.165, 1.54) is 19.3 Å². The molecule has 0 bridgehead atoms. The lowest BCUT2D eigenvalue weighted by Gasteiger charge is -2.01. The third-order valence-electron chi connectivity index (χ3n) is 1.51. The predicted molar refractivity (Wildman–Crippen MR) is 45.1 cm³/mol. The first kappa shape index (κ1) is 9.54. The first-order chi connectivity index (χ1) is 4.77. The maximum Gasteiger partial charge on any atom is 0.0751 e. The molecule has 0 saturated heterocycles. The zero-order valence-corrected chi connectivity index (χ0v) is 7.01. The number of allylic oxidation sites excluding steroid dienone is 1. The molecule has 0 aliphatic rings. The monoisotopic (exact) mass is 142 g/mol. The fraction of sp³-hybridized carbons (Fsp3) is 0.778. The van der Waals surface area contributed by atoms with E-state index in [9.17, 15) is 0 Å². The van der Waals surface area contributed by atoms with Crippen molar-refractivity contribution >= 4 is 0 Å². The van der Waals surface area contributed by atoms with Gasteiger partial charge in [0.25, 0.3) is 0 Å². The average molecular weight is 142 g/mol. The minimum absolute atomic E-state index is 0.818. The summed E-state index contributed by atoms with van der Waals surface area (Å²) in [6.45, 7) is 4.48. The maximum atomic E-state index is 8.29. The molecule has 1 heteroatoms. The standard InChI is InChI=1S/C9H18O/c1-9(2)7-5-3-4-6-8-10/h6,8-10H,3-5,7H2,1-2H3. The second-order valence-corrected chi connectivity index (χ2v) is 3.06. The van der Waals surface area contributed by atoms with E-state index in [1.807, 2.05) is 0 Å². The molecule has 0 aromatic carbocycles. The summed E-state index contributed by atoms with van der Waals surface area (Å²) in [7, 11) is 0. The minimum Gasteiger partial charge on any atom is -0.516 e. The molecule has 0 saturated carbocycles. The van der Waals surface area contributed by atoms with Crippen LogP contribution < -0.4 is 0 Å². The van der Waals surface area contributed by atoms with Crippen molar-refractivity contribution in [3.8, 4) is 0 Å². The van der Waals surface area contributed by atoms with E-state index in [2.05, 4.69) is 13.8 Å². The van der Waals surface area contributed by atoms with Crippen LogP contribution in [0.15, 0.2) is 12.3 Å². The largest absolute Gasteiger partial charge is 0.516 e. The summed E-state index contributed by atoms with van der Waals surface area (Å²) in [5, 5.41) is 8.29. The Morgan fingerprint density at radius 1 is 1.30 bits per heavy atom. The zero-order valence-electron chi connectivity index (χ0n) is 7.01. The smallest absolute Gasteiger partial charge is 0.0751 e. The second-order valence-electron chi connectivity index (χ2n) is 3.06. The van der Waals surface area contributed by atoms with Gasteiger partial charge in [-0.2, -0.15) is 0 Å². The Bertz CT molecular complexity index is 84.7. The first-order valence-electron chi connectivity index (χ1n) is 4.06. The summed E-state index contributed by atoms with van der Waals surface area (Å²) in [6.07, 6.45) is 7.75. The van der Waals surface area contributed by atoms with Crippen molar-refractivity contribution in [3.05, 3.63) is 12.3 Å². The van der Waals surface area contributed by atoms with Gasteiger partial charge in [0.05, 0.1) is 6.26 Å². The van der Waals surface area contributed by atoms with Crippen LogP contribution in [0.2, 0.25) is 0 Å². The Labute approximate surface area is 63.8 Å². The highest BCUT2D eigenvalue weighted by Gasteiger charge is 1.91. The molecular formula is C9H18O. The van der Waals surface area contributed by atoms with Crippen LogP contribution in [-0.2, 0) is 0 Å². The molecule has 0 aliphatic heterocycles. The van der Waals surface area contributed by atoms with E-state index in [1.54, 1.807) is 6.08 Å². The highest BCUT2D eigenvalue weighted by molar-refractivity contribution is 4.70. The van der Waals surface area contributed by atoms with E-state index >= 15 is 0 Å². The van der Waals surface area contributed by atoms with Crippen LogP contribution in [0, 0.1) is 5.92 Å². The molecule has 0 rings (SSSR count). The molecule has 0 spiro atoms. The lowest BCUT2D eigenvalue weighted by atomic mass is 10.1. The van der Waals surface area contributed by atoms with Gasteiger partial charge in [-0.25, -0.2) is 0 Å². The molecule has 0 aliphatic carbocycles. The number of hydrogen-bond acceptors (Lipinski definition) is 1. The highest BCUT2D eigenvalue weighted by atomic mass is 16.2. The van der Waals surface area contributed by atoms with E-state index < -0.39 is 0 Å². The van der Waals surface area contributed by atoms with Gasteiger partial charge in [-0.3, -0.25) is 0 Å². The molecule has 1 N–H and O–H groups in total. The minimum atomic E-state index is 0.818. The quantitative estimate of drug-likeness (QED) is 0.461. The molecule has 1 nitrogen and oxygen atoms in total. The van der Waals surface area contributed by atoms with E-state index in [-0.39, 0.29) is 0 Å². The van der Waals surface area contributed by atoms with Crippen LogP contribution in [0.5, 0.6) is 0 Å². The third-order valence-corrected chi connectivity index (χ3v) is 1.51. The SMILES string of the molecule is CC(C)CCCCC=CO. The molecule has 0 heterocycles. The van der Waals surface area contributed by atoms with E-state index in [0.29, 0.717) is 0 Å². The lowest BCUT2D eigenvalue weighted by Crippen LogP contribution is -1.85. The number of unbranched alkanes of at least 4 members (excludes halogenated alkanes) is 2. The van der Waals surface area contributed by atoms with Crippen LogP contribution in [-0.4, -0.2) is 5.11 Å². The first-order valence-corrected chi connectivity index (χ1v) is 4.06. The highest BCUT2D eigenvalue weighted by Crippen LogP contribution is 2.07. The van der Waals surface area contributed by atoms with E-state index in [4.69, 9.17) is 5.11 Å². The number of hydrogen-bond donors (Lipinski definition) is 1. The van der Waals surface area contributed by atoms with E-state index in [0.717, 1.165) is 18.6 Å². The van der Waals surface area contributed by atoms with Gasteiger partial charge in [-0.05, 0) is 18.8 Å². The molecule has 0 fully saturated rings. The topological polar surface area (TPSA) is 20.2 Å². The Kier molecular flexibility index (Phi) is 6.35. The molecule has 0 unspecified atom stereocenters. The summed E-state index contributed by atoms with van der Waals surface area (Å²) in [5.74, 6) is 0.818. The molecule has 0 aromatic heterocycles. The summed E-state index contributed by atoms with van der Waals surface area (Å²) in [5.41, 5.74) is 0. The number of aliphatic hydroxyl groups excluding tert-OH is 1. The summed E-state index contributed by atoms with van der Waals surface area (Å²) < 4.78 is 0. The van der Waals surface area contributed by atoms with Crippen molar-refractivity contribution in [1.82, 2.24) is 0 Å². The van der Waals surface area contributed by atoms with Gasteiger partial charge < -0.3 is 5.11 Å². The third kappa shape index (κ3) is 7.54. The van der Waals surface area contributed by atoms with Crippen molar-refractivity contribution < 1.29 is 5.11 Å². The fourth-order valence-electron chi connectivity index (χ4n) is 0.889. The van der Waals surface area contributed by atoms with Gasteiger partial charge in [0.2, 0.25) is 0 Å². The molecule has 0 radical (unpaired) electrons. The Hall–Kier alpha value is -0.460. The number of rotatable bonds is 5. The van der Waals surface area contributed by atoms with Gasteiger partial charge in [-0.1, -0.05) is 32.8 Å². The van der Waals surface area contributed by atoms with Gasteiger partial charge >= 0.3 is 0 Å². The van der Waals surface area contributed by atoms with Crippen LogP contribution in [0.4, 0.5) is 0 Å². The fourth-order valence-corrected chi connectivity index (χ4v) is 0.889. The predicted octanol–water partition coefficient (Wildman–Crippen LogP) is 3.27. The average Bonchev–Trinajstić information content (AvgIpc) is 1.87. The van der Waals surface area contributed by atoms with Gasteiger partial charge in [0, 0.05) is 0 Å².